The highest BCUT2D eigenvalue weighted by Crippen LogP contribution is 2.18. The quantitative estimate of drug-likeness (QED) is 0.724. The van der Waals surface area contributed by atoms with E-state index in [4.69, 9.17) is 10.5 Å². The molecule has 5 heteroatoms. The van der Waals surface area contributed by atoms with Gasteiger partial charge in [-0.15, -0.1) is 0 Å². The van der Waals surface area contributed by atoms with E-state index in [9.17, 15) is 4.79 Å². The van der Waals surface area contributed by atoms with Crippen LogP contribution in [0.4, 0.5) is 0 Å². The molecule has 2 N–H and O–H groups in total. The van der Waals surface area contributed by atoms with Crippen LogP contribution in [0.15, 0.2) is 18.3 Å². The second-order valence-corrected chi connectivity index (χ2v) is 2.93. The molecule has 0 spiro atoms. The van der Waals surface area contributed by atoms with Gasteiger partial charge in [0, 0.05) is 18.8 Å². The molecule has 1 rings (SSSR count). The van der Waals surface area contributed by atoms with Crippen molar-refractivity contribution in [3.8, 4) is 5.75 Å². The number of pyridine rings is 1. The Labute approximate surface area is 88.2 Å². The largest absolute Gasteiger partial charge is 0.497 e. The lowest BCUT2D eigenvalue weighted by Crippen LogP contribution is -2.23. The molecular weight excluding hydrogens is 196 g/mol. The zero-order valence-corrected chi connectivity index (χ0v) is 8.77. The first kappa shape index (κ1) is 11.5. The van der Waals surface area contributed by atoms with Crippen LogP contribution in [0.3, 0.4) is 0 Å². The van der Waals surface area contributed by atoms with E-state index < -0.39 is 11.9 Å². The van der Waals surface area contributed by atoms with E-state index in [0.717, 1.165) is 0 Å². The van der Waals surface area contributed by atoms with Crippen LogP contribution < -0.4 is 10.5 Å². The Bertz CT molecular complexity index is 341. The van der Waals surface area contributed by atoms with Gasteiger partial charge in [0.1, 0.15) is 11.7 Å². The molecule has 0 aliphatic heterocycles. The van der Waals surface area contributed by atoms with Gasteiger partial charge in [0.25, 0.3) is 0 Å². The molecule has 15 heavy (non-hydrogen) atoms. The number of methoxy groups -OCH3 is 2. The smallest absolute Gasteiger partial charge is 0.316 e. The zero-order valence-electron chi connectivity index (χ0n) is 8.77. The predicted octanol–water partition coefficient (Wildman–Crippen LogP) is 0.305. The molecule has 0 bridgehead atoms. The molecule has 0 aromatic carbocycles. The van der Waals surface area contributed by atoms with Crippen molar-refractivity contribution in [3.63, 3.8) is 0 Å². The van der Waals surface area contributed by atoms with E-state index in [1.54, 1.807) is 25.4 Å². The van der Waals surface area contributed by atoms with E-state index in [0.29, 0.717) is 11.4 Å². The van der Waals surface area contributed by atoms with Crippen molar-refractivity contribution in [1.29, 1.82) is 0 Å². The molecule has 1 aromatic heterocycles. The Morgan fingerprint density at radius 3 is 2.87 bits per heavy atom. The van der Waals surface area contributed by atoms with Crippen molar-refractivity contribution in [2.75, 3.05) is 20.8 Å². The average molecular weight is 210 g/mol. The molecule has 1 heterocycles. The van der Waals surface area contributed by atoms with E-state index in [-0.39, 0.29) is 6.54 Å². The lowest BCUT2D eigenvalue weighted by atomic mass is 10.1. The Hall–Kier alpha value is -1.62. The van der Waals surface area contributed by atoms with Gasteiger partial charge in [0.05, 0.1) is 19.9 Å². The maximum Gasteiger partial charge on any atom is 0.316 e. The number of esters is 1. The molecular formula is C10H14N2O3. The third-order valence-corrected chi connectivity index (χ3v) is 2.07. The summed E-state index contributed by atoms with van der Waals surface area (Å²) in [6, 6.07) is 3.38. The first-order valence-corrected chi connectivity index (χ1v) is 4.50. The van der Waals surface area contributed by atoms with E-state index in [1.807, 2.05) is 0 Å². The second kappa shape index (κ2) is 5.31. The molecule has 1 atom stereocenters. The Balaban J connectivity index is 2.96. The third kappa shape index (κ3) is 2.66. The maximum absolute atomic E-state index is 11.4. The highest BCUT2D eigenvalue weighted by Gasteiger charge is 2.21. The van der Waals surface area contributed by atoms with E-state index in [1.165, 1.54) is 7.11 Å². The zero-order chi connectivity index (χ0) is 11.3. The van der Waals surface area contributed by atoms with Gasteiger partial charge in [0.15, 0.2) is 0 Å². The molecule has 1 aromatic rings. The number of carbonyl (C=O) groups is 1. The van der Waals surface area contributed by atoms with Gasteiger partial charge < -0.3 is 15.2 Å². The molecule has 1 unspecified atom stereocenters. The summed E-state index contributed by atoms with van der Waals surface area (Å²) in [4.78, 5) is 15.4. The fourth-order valence-electron chi connectivity index (χ4n) is 1.23. The molecule has 5 nitrogen and oxygen atoms in total. The van der Waals surface area contributed by atoms with E-state index >= 15 is 0 Å². The van der Waals surface area contributed by atoms with Crippen molar-refractivity contribution in [2.45, 2.75) is 5.92 Å². The summed E-state index contributed by atoms with van der Waals surface area (Å²) in [5.41, 5.74) is 6.05. The number of aromatic nitrogens is 1. The molecule has 0 saturated heterocycles. The maximum atomic E-state index is 11.4. The topological polar surface area (TPSA) is 74.4 Å². The monoisotopic (exact) mass is 210 g/mol. The van der Waals surface area contributed by atoms with Gasteiger partial charge in [-0.2, -0.15) is 0 Å². The summed E-state index contributed by atoms with van der Waals surface area (Å²) in [5, 5.41) is 0. The molecule has 0 amide bonds. The number of rotatable bonds is 4. The summed E-state index contributed by atoms with van der Waals surface area (Å²) in [7, 11) is 2.87. The van der Waals surface area contributed by atoms with Crippen LogP contribution in [0.2, 0.25) is 0 Å². The van der Waals surface area contributed by atoms with Crippen LogP contribution in [0.1, 0.15) is 11.6 Å². The minimum absolute atomic E-state index is 0.160. The first-order valence-electron chi connectivity index (χ1n) is 4.50. The third-order valence-electron chi connectivity index (χ3n) is 2.07. The van der Waals surface area contributed by atoms with Crippen molar-refractivity contribution < 1.29 is 14.3 Å². The normalized spacial score (nSPS) is 11.9. The number of hydrogen-bond acceptors (Lipinski definition) is 5. The van der Waals surface area contributed by atoms with Gasteiger partial charge >= 0.3 is 5.97 Å². The number of carbonyl (C=O) groups excluding carboxylic acids is 1. The van der Waals surface area contributed by atoms with Crippen LogP contribution >= 0.6 is 0 Å². The van der Waals surface area contributed by atoms with Crippen LogP contribution in [0, 0.1) is 0 Å². The molecule has 0 aliphatic rings. The van der Waals surface area contributed by atoms with Crippen LogP contribution in [0.5, 0.6) is 5.75 Å². The minimum atomic E-state index is -0.537. The average Bonchev–Trinajstić information content (AvgIpc) is 2.30. The standard InChI is InChI=1S/C10H14N2O3/c1-14-7-3-4-12-9(5-7)8(6-11)10(13)15-2/h3-5,8H,6,11H2,1-2H3. The Kier molecular flexibility index (Phi) is 4.05. The molecule has 82 valence electrons. The summed E-state index contributed by atoms with van der Waals surface area (Å²) in [6.45, 7) is 0.160. The molecule has 0 aliphatic carbocycles. The van der Waals surface area contributed by atoms with Crippen molar-refractivity contribution in [3.05, 3.63) is 24.0 Å². The summed E-state index contributed by atoms with van der Waals surface area (Å²) < 4.78 is 9.66. The minimum Gasteiger partial charge on any atom is -0.497 e. The highest BCUT2D eigenvalue weighted by molar-refractivity contribution is 5.77. The van der Waals surface area contributed by atoms with Gasteiger partial charge in [0.2, 0.25) is 0 Å². The lowest BCUT2D eigenvalue weighted by molar-refractivity contribution is -0.142. The van der Waals surface area contributed by atoms with Gasteiger partial charge in [-0.3, -0.25) is 9.78 Å². The van der Waals surface area contributed by atoms with Crippen LogP contribution in [0.25, 0.3) is 0 Å². The number of nitrogens with two attached hydrogens (primary N) is 1. The Morgan fingerprint density at radius 1 is 1.60 bits per heavy atom. The molecule has 0 fully saturated rings. The summed E-state index contributed by atoms with van der Waals surface area (Å²) in [5.74, 6) is -0.286. The lowest BCUT2D eigenvalue weighted by Gasteiger charge is -2.12. The van der Waals surface area contributed by atoms with Gasteiger partial charge in [-0.25, -0.2) is 0 Å². The molecule has 0 radical (unpaired) electrons. The summed E-state index contributed by atoms with van der Waals surface area (Å²) in [6.07, 6.45) is 1.57. The fourth-order valence-corrected chi connectivity index (χ4v) is 1.23. The number of hydrogen-bond donors (Lipinski definition) is 1. The fraction of sp³-hybridized carbons (Fsp3) is 0.400. The van der Waals surface area contributed by atoms with Gasteiger partial charge in [-0.1, -0.05) is 0 Å². The van der Waals surface area contributed by atoms with Crippen LogP contribution in [-0.4, -0.2) is 31.7 Å². The van der Waals surface area contributed by atoms with Crippen LogP contribution in [-0.2, 0) is 9.53 Å². The first-order chi connectivity index (χ1) is 7.22. The van der Waals surface area contributed by atoms with Crippen molar-refractivity contribution >= 4 is 5.97 Å². The summed E-state index contributed by atoms with van der Waals surface area (Å²) >= 11 is 0. The van der Waals surface area contributed by atoms with E-state index in [2.05, 4.69) is 9.72 Å². The Morgan fingerprint density at radius 2 is 2.33 bits per heavy atom. The number of nitrogens with zero attached hydrogens (tertiary/aromatic N) is 1. The van der Waals surface area contributed by atoms with Gasteiger partial charge in [-0.05, 0) is 6.07 Å². The predicted molar refractivity (Wildman–Crippen MR) is 54.6 cm³/mol. The number of ether oxygens (including phenoxy) is 2. The van der Waals surface area contributed by atoms with Crippen molar-refractivity contribution in [1.82, 2.24) is 4.98 Å². The molecule has 0 saturated carbocycles. The SMILES string of the molecule is COC(=O)C(CN)c1cc(OC)ccn1. The highest BCUT2D eigenvalue weighted by atomic mass is 16.5. The van der Waals surface area contributed by atoms with Crippen molar-refractivity contribution in [2.24, 2.45) is 5.73 Å². The second-order valence-electron chi connectivity index (χ2n) is 2.93.